The van der Waals surface area contributed by atoms with E-state index in [4.69, 9.17) is 4.74 Å². The van der Waals surface area contributed by atoms with Gasteiger partial charge in [0.2, 0.25) is 0 Å². The van der Waals surface area contributed by atoms with E-state index in [1.165, 1.54) is 0 Å². The van der Waals surface area contributed by atoms with Crippen LogP contribution in [0.1, 0.15) is 48.0 Å². The van der Waals surface area contributed by atoms with Gasteiger partial charge in [0.25, 0.3) is 0 Å². The first-order valence-corrected chi connectivity index (χ1v) is 8.64. The Morgan fingerprint density at radius 2 is 1.41 bits per heavy atom. The molecule has 0 radical (unpaired) electrons. The van der Waals surface area contributed by atoms with Gasteiger partial charge in [0, 0.05) is 39.1 Å². The maximum atomic E-state index is 5.76. The van der Waals surface area contributed by atoms with Crippen LogP contribution in [0.4, 0.5) is 0 Å². The Morgan fingerprint density at radius 1 is 0.818 bits per heavy atom. The first-order valence-electron chi connectivity index (χ1n) is 8.64. The fraction of sp³-hybridized carbons (Fsp3) is 0.895. The lowest BCUT2D eigenvalue weighted by Crippen LogP contribution is -2.47. The first-order chi connectivity index (χ1) is 10.2. The molecule has 0 amide bonds. The molecule has 3 nitrogen and oxygen atoms in total. The van der Waals surface area contributed by atoms with Crippen LogP contribution in [0.2, 0.25) is 0 Å². The largest absolute Gasteiger partial charge is 0.380 e. The molecule has 0 aliphatic carbocycles. The van der Waals surface area contributed by atoms with E-state index < -0.39 is 0 Å². The zero-order valence-corrected chi connectivity index (χ0v) is 15.7. The number of piperazine rings is 1. The van der Waals surface area contributed by atoms with Gasteiger partial charge in [-0.2, -0.15) is 0 Å². The van der Waals surface area contributed by atoms with Crippen LogP contribution in [0.15, 0.2) is 0 Å². The summed E-state index contributed by atoms with van der Waals surface area (Å²) in [7, 11) is 0. The van der Waals surface area contributed by atoms with Gasteiger partial charge in [0.05, 0.1) is 19.8 Å². The molecule has 1 aliphatic heterocycles. The van der Waals surface area contributed by atoms with Gasteiger partial charge in [-0.15, -0.1) is 5.92 Å². The maximum absolute atomic E-state index is 5.76. The van der Waals surface area contributed by atoms with Crippen molar-refractivity contribution in [1.82, 2.24) is 9.80 Å². The number of hydrogen-bond acceptors (Lipinski definition) is 3. The Morgan fingerprint density at radius 3 is 1.95 bits per heavy atom. The summed E-state index contributed by atoms with van der Waals surface area (Å²) in [6, 6.07) is 0. The highest BCUT2D eigenvalue weighted by Gasteiger charge is 2.16. The van der Waals surface area contributed by atoms with E-state index in [-0.39, 0.29) is 5.41 Å². The fourth-order valence-corrected chi connectivity index (χ4v) is 2.24. The number of rotatable bonds is 5. The normalized spacial score (nSPS) is 18.1. The van der Waals surface area contributed by atoms with Crippen molar-refractivity contribution in [2.75, 3.05) is 52.5 Å². The molecule has 3 heteroatoms. The summed E-state index contributed by atoms with van der Waals surface area (Å²) in [5.74, 6) is 6.64. The van der Waals surface area contributed by atoms with Crippen molar-refractivity contribution in [3.63, 3.8) is 0 Å². The average Bonchev–Trinajstić information content (AvgIpc) is 2.39. The molecule has 1 heterocycles. The van der Waals surface area contributed by atoms with Gasteiger partial charge in [0.1, 0.15) is 0 Å². The Labute approximate surface area is 138 Å². The Bertz CT molecular complexity index is 360. The Hall–Kier alpha value is -0.560. The second-order valence-corrected chi connectivity index (χ2v) is 8.82. The lowest BCUT2D eigenvalue weighted by molar-refractivity contribution is 0.0440. The van der Waals surface area contributed by atoms with E-state index in [1.54, 1.807) is 0 Å². The van der Waals surface area contributed by atoms with Gasteiger partial charge in [-0.3, -0.25) is 9.80 Å². The van der Waals surface area contributed by atoms with E-state index in [2.05, 4.69) is 63.2 Å². The predicted octanol–water partition coefficient (Wildman–Crippen LogP) is 3.11. The second kappa shape index (κ2) is 8.91. The van der Waals surface area contributed by atoms with Crippen molar-refractivity contribution in [3.8, 4) is 11.8 Å². The maximum Gasteiger partial charge on any atom is 0.0602 e. The fourth-order valence-electron chi connectivity index (χ4n) is 2.24. The molecule has 0 aromatic carbocycles. The molecule has 0 aromatic rings. The monoisotopic (exact) mass is 308 g/mol. The molecule has 1 fully saturated rings. The molecule has 0 N–H and O–H groups in total. The lowest BCUT2D eigenvalue weighted by Gasteiger charge is -2.33. The van der Waals surface area contributed by atoms with E-state index in [9.17, 15) is 0 Å². The highest BCUT2D eigenvalue weighted by Crippen LogP contribution is 2.16. The van der Waals surface area contributed by atoms with Crippen molar-refractivity contribution < 1.29 is 4.74 Å². The number of ether oxygens (including phenoxy) is 1. The van der Waals surface area contributed by atoms with Crippen LogP contribution in [0.5, 0.6) is 0 Å². The van der Waals surface area contributed by atoms with Gasteiger partial charge in [-0.05, 0) is 10.8 Å². The van der Waals surface area contributed by atoms with Gasteiger partial charge in [-0.25, -0.2) is 0 Å². The Kier molecular flexibility index (Phi) is 7.89. The highest BCUT2D eigenvalue weighted by atomic mass is 16.5. The van der Waals surface area contributed by atoms with Crippen molar-refractivity contribution >= 4 is 0 Å². The summed E-state index contributed by atoms with van der Waals surface area (Å²) >= 11 is 0. The van der Waals surface area contributed by atoms with Crippen molar-refractivity contribution in [3.05, 3.63) is 0 Å². The molecule has 1 aliphatic rings. The summed E-state index contributed by atoms with van der Waals surface area (Å²) in [5, 5.41) is 0. The molecular formula is C19H36N2O. The smallest absolute Gasteiger partial charge is 0.0602 e. The third-order valence-electron chi connectivity index (χ3n) is 3.60. The molecule has 1 rings (SSSR count). The average molecular weight is 309 g/mol. The van der Waals surface area contributed by atoms with Crippen LogP contribution in [0.3, 0.4) is 0 Å². The highest BCUT2D eigenvalue weighted by molar-refractivity contribution is 5.03. The summed E-state index contributed by atoms with van der Waals surface area (Å²) in [5.41, 5.74) is 0.586. The van der Waals surface area contributed by atoms with Crippen LogP contribution in [-0.2, 0) is 4.74 Å². The molecule has 0 aromatic heterocycles. The van der Waals surface area contributed by atoms with Crippen LogP contribution < -0.4 is 0 Å². The first kappa shape index (κ1) is 19.5. The summed E-state index contributed by atoms with van der Waals surface area (Å²) in [6.45, 7) is 21.6. The van der Waals surface area contributed by atoms with Gasteiger partial charge >= 0.3 is 0 Å². The van der Waals surface area contributed by atoms with E-state index in [0.29, 0.717) is 5.41 Å². The molecule has 22 heavy (non-hydrogen) atoms. The van der Waals surface area contributed by atoms with Crippen LogP contribution in [0, 0.1) is 22.7 Å². The molecule has 0 bridgehead atoms. The molecular weight excluding hydrogens is 272 g/mol. The Balaban J connectivity index is 2.11. The topological polar surface area (TPSA) is 15.7 Å². The molecule has 0 atom stereocenters. The van der Waals surface area contributed by atoms with Gasteiger partial charge < -0.3 is 4.74 Å². The molecule has 128 valence electrons. The molecule has 0 saturated carbocycles. The third-order valence-corrected chi connectivity index (χ3v) is 3.60. The molecule has 0 spiro atoms. The zero-order valence-electron chi connectivity index (χ0n) is 15.7. The van der Waals surface area contributed by atoms with Crippen LogP contribution >= 0.6 is 0 Å². The molecule has 1 saturated heterocycles. The summed E-state index contributed by atoms with van der Waals surface area (Å²) in [6.07, 6.45) is 0.984. The van der Waals surface area contributed by atoms with Crippen molar-refractivity contribution in [2.45, 2.75) is 48.0 Å². The van der Waals surface area contributed by atoms with E-state index >= 15 is 0 Å². The van der Waals surface area contributed by atoms with Gasteiger partial charge in [0.15, 0.2) is 0 Å². The predicted molar refractivity (Wildman–Crippen MR) is 95.0 cm³/mol. The minimum atomic E-state index is 0.268. The van der Waals surface area contributed by atoms with Crippen molar-refractivity contribution in [2.24, 2.45) is 10.8 Å². The summed E-state index contributed by atoms with van der Waals surface area (Å²) in [4.78, 5) is 4.96. The minimum Gasteiger partial charge on any atom is -0.380 e. The van der Waals surface area contributed by atoms with Gasteiger partial charge in [-0.1, -0.05) is 47.5 Å². The third kappa shape index (κ3) is 10.2. The lowest BCUT2D eigenvalue weighted by atomic mass is 9.93. The zero-order chi connectivity index (χ0) is 16.6. The second-order valence-electron chi connectivity index (χ2n) is 8.82. The van der Waals surface area contributed by atoms with E-state index in [1.807, 2.05) is 0 Å². The standard InChI is InChI=1S/C19H36N2O/c1-18(2,3)9-7-8-10-20-11-13-21(14-12-20)15-16-22-17-19(4,5)6/h9-17H2,1-6H3. The van der Waals surface area contributed by atoms with Crippen LogP contribution in [-0.4, -0.2) is 62.3 Å². The minimum absolute atomic E-state index is 0.268. The summed E-state index contributed by atoms with van der Waals surface area (Å²) < 4.78 is 5.76. The number of hydrogen-bond donors (Lipinski definition) is 0. The van der Waals surface area contributed by atoms with Crippen molar-refractivity contribution in [1.29, 1.82) is 0 Å². The SMILES string of the molecule is CC(C)(C)CC#CCN1CCN(CCOCC(C)(C)C)CC1. The quantitative estimate of drug-likeness (QED) is 0.573. The molecule has 0 unspecified atom stereocenters. The van der Waals surface area contributed by atoms with Crippen LogP contribution in [0.25, 0.3) is 0 Å². The van der Waals surface area contributed by atoms with E-state index in [0.717, 1.165) is 58.9 Å². The number of nitrogens with zero attached hydrogens (tertiary/aromatic N) is 2.